The monoisotopic (exact) mass is 466 g/mol. The average Bonchev–Trinajstić information content (AvgIpc) is 2.70. The Hall–Kier alpha value is -2.65. The minimum atomic E-state index is -3.28. The lowest BCUT2D eigenvalue weighted by atomic mass is 10.0. The van der Waals surface area contributed by atoms with Crippen molar-refractivity contribution in [2.45, 2.75) is 36.6 Å². The molecule has 1 aromatic heterocycles. The SMILES string of the molecule is Cc1ccc(C(F)(F)CNC(=O)c2nc(C)nnc2Sc2ccc(F)c(Cl)c2)c(C)c1. The fourth-order valence-corrected chi connectivity index (χ4v) is 3.96. The molecule has 3 aromatic rings. The molecule has 2 aromatic carbocycles. The lowest BCUT2D eigenvalue weighted by Crippen LogP contribution is -2.36. The molecule has 0 fully saturated rings. The number of carbonyl (C=O) groups excluding carboxylic acids is 1. The van der Waals surface area contributed by atoms with E-state index in [1.807, 2.05) is 6.92 Å². The molecule has 0 unspecified atom stereocenters. The first-order valence-electron chi connectivity index (χ1n) is 9.15. The van der Waals surface area contributed by atoms with Gasteiger partial charge in [0.15, 0.2) is 10.7 Å². The van der Waals surface area contributed by atoms with Crippen molar-refractivity contribution in [3.05, 3.63) is 75.4 Å². The van der Waals surface area contributed by atoms with Crippen LogP contribution in [0.1, 0.15) is 33.0 Å². The van der Waals surface area contributed by atoms with Crippen molar-refractivity contribution in [3.8, 4) is 0 Å². The van der Waals surface area contributed by atoms with Gasteiger partial charge in [0.1, 0.15) is 11.6 Å². The minimum absolute atomic E-state index is 0.0839. The van der Waals surface area contributed by atoms with Crippen LogP contribution in [0.4, 0.5) is 13.2 Å². The van der Waals surface area contributed by atoms with Gasteiger partial charge in [0, 0.05) is 10.5 Å². The maximum atomic E-state index is 14.7. The molecule has 1 N–H and O–H groups in total. The van der Waals surface area contributed by atoms with Gasteiger partial charge < -0.3 is 5.32 Å². The van der Waals surface area contributed by atoms with Crippen molar-refractivity contribution in [3.63, 3.8) is 0 Å². The van der Waals surface area contributed by atoms with Crippen LogP contribution in [0.3, 0.4) is 0 Å². The summed E-state index contributed by atoms with van der Waals surface area (Å²) >= 11 is 6.76. The summed E-state index contributed by atoms with van der Waals surface area (Å²) in [5.74, 6) is -4.49. The van der Waals surface area contributed by atoms with Crippen molar-refractivity contribution in [2.24, 2.45) is 0 Å². The average molecular weight is 467 g/mol. The molecule has 0 bridgehead atoms. The Morgan fingerprint density at radius 2 is 1.87 bits per heavy atom. The second kappa shape index (κ2) is 9.23. The van der Waals surface area contributed by atoms with Gasteiger partial charge in [0.05, 0.1) is 11.6 Å². The zero-order valence-corrected chi connectivity index (χ0v) is 18.4. The maximum absolute atomic E-state index is 14.7. The van der Waals surface area contributed by atoms with Gasteiger partial charge in [-0.1, -0.05) is 47.1 Å². The van der Waals surface area contributed by atoms with Crippen LogP contribution in [0.5, 0.6) is 0 Å². The number of nitrogens with zero attached hydrogens (tertiary/aromatic N) is 3. The van der Waals surface area contributed by atoms with E-state index in [0.29, 0.717) is 10.5 Å². The van der Waals surface area contributed by atoms with E-state index in [4.69, 9.17) is 11.6 Å². The lowest BCUT2D eigenvalue weighted by Gasteiger charge is -2.20. The molecule has 1 amide bonds. The summed E-state index contributed by atoms with van der Waals surface area (Å²) in [7, 11) is 0. The molecule has 0 spiro atoms. The number of halogens is 4. The molecule has 0 saturated heterocycles. The molecule has 31 heavy (non-hydrogen) atoms. The zero-order valence-electron chi connectivity index (χ0n) is 16.8. The van der Waals surface area contributed by atoms with E-state index in [1.165, 1.54) is 31.2 Å². The van der Waals surface area contributed by atoms with Crippen LogP contribution in [0.15, 0.2) is 46.3 Å². The Kier molecular flexibility index (Phi) is 6.86. The summed E-state index contributed by atoms with van der Waals surface area (Å²) in [6.45, 7) is 4.02. The number of amides is 1. The molecule has 3 rings (SSSR count). The number of rotatable bonds is 6. The first-order valence-corrected chi connectivity index (χ1v) is 10.3. The summed E-state index contributed by atoms with van der Waals surface area (Å²) in [5, 5.41) is 9.97. The van der Waals surface area contributed by atoms with Crippen LogP contribution in [0, 0.1) is 26.6 Å². The largest absolute Gasteiger partial charge is 0.344 e. The van der Waals surface area contributed by atoms with E-state index in [1.54, 1.807) is 19.1 Å². The number of carbonyl (C=O) groups is 1. The Bertz CT molecular complexity index is 1140. The van der Waals surface area contributed by atoms with Crippen molar-refractivity contribution >= 4 is 29.3 Å². The first kappa shape index (κ1) is 23.0. The molecule has 0 radical (unpaired) electrons. The molecule has 0 aliphatic carbocycles. The minimum Gasteiger partial charge on any atom is -0.344 e. The Labute approximate surface area is 186 Å². The molecule has 0 atom stereocenters. The Balaban J connectivity index is 1.81. The number of aromatic nitrogens is 3. The Morgan fingerprint density at radius 3 is 2.55 bits per heavy atom. The van der Waals surface area contributed by atoms with E-state index in [2.05, 4.69) is 20.5 Å². The quantitative estimate of drug-likeness (QED) is 0.536. The number of hydrogen-bond donors (Lipinski definition) is 1. The van der Waals surface area contributed by atoms with Crippen molar-refractivity contribution < 1.29 is 18.0 Å². The summed E-state index contributed by atoms with van der Waals surface area (Å²) in [6.07, 6.45) is 0. The van der Waals surface area contributed by atoms with E-state index in [-0.39, 0.29) is 27.1 Å². The fraction of sp³-hybridized carbons (Fsp3) is 0.238. The van der Waals surface area contributed by atoms with Crippen LogP contribution in [-0.2, 0) is 5.92 Å². The topological polar surface area (TPSA) is 67.8 Å². The van der Waals surface area contributed by atoms with E-state index in [0.717, 1.165) is 17.3 Å². The predicted octanol–water partition coefficient (Wildman–Crippen LogP) is 5.26. The number of aryl methyl sites for hydroxylation is 3. The normalized spacial score (nSPS) is 11.5. The Morgan fingerprint density at radius 1 is 1.13 bits per heavy atom. The van der Waals surface area contributed by atoms with E-state index >= 15 is 0 Å². The molecule has 162 valence electrons. The number of hydrogen-bond acceptors (Lipinski definition) is 5. The summed E-state index contributed by atoms with van der Waals surface area (Å²) in [6, 6.07) is 8.59. The molecule has 5 nitrogen and oxygen atoms in total. The molecular weight excluding hydrogens is 449 g/mol. The molecule has 10 heteroatoms. The third-order valence-corrected chi connectivity index (χ3v) is 5.58. The van der Waals surface area contributed by atoms with Crippen LogP contribution in [0.25, 0.3) is 0 Å². The smallest absolute Gasteiger partial charge is 0.290 e. The fourth-order valence-electron chi connectivity index (χ4n) is 2.86. The second-order valence-corrected chi connectivity index (χ2v) is 8.37. The highest BCUT2D eigenvalue weighted by atomic mass is 35.5. The number of nitrogens with one attached hydrogen (secondary N) is 1. The van der Waals surface area contributed by atoms with Gasteiger partial charge in [-0.3, -0.25) is 4.79 Å². The van der Waals surface area contributed by atoms with Gasteiger partial charge in [0.25, 0.3) is 11.8 Å². The predicted molar refractivity (Wildman–Crippen MR) is 112 cm³/mol. The molecular formula is C21H18ClF3N4OS. The van der Waals surface area contributed by atoms with Gasteiger partial charge in [-0.25, -0.2) is 9.37 Å². The van der Waals surface area contributed by atoms with Gasteiger partial charge >= 0.3 is 0 Å². The van der Waals surface area contributed by atoms with Crippen molar-refractivity contribution in [1.82, 2.24) is 20.5 Å². The first-order chi connectivity index (χ1) is 14.6. The zero-order chi connectivity index (χ0) is 22.8. The molecule has 0 aliphatic heterocycles. The summed E-state index contributed by atoms with van der Waals surface area (Å²) in [4.78, 5) is 17.2. The summed E-state index contributed by atoms with van der Waals surface area (Å²) in [5.41, 5.74) is 0.981. The van der Waals surface area contributed by atoms with E-state index in [9.17, 15) is 18.0 Å². The van der Waals surface area contributed by atoms with Crippen LogP contribution in [0.2, 0.25) is 5.02 Å². The maximum Gasteiger partial charge on any atom is 0.290 e. The molecule has 1 heterocycles. The summed E-state index contributed by atoms with van der Waals surface area (Å²) < 4.78 is 42.8. The van der Waals surface area contributed by atoms with Crippen molar-refractivity contribution in [1.29, 1.82) is 0 Å². The standard InChI is InChI=1S/C21H18ClF3N4OS/c1-11-4-6-15(12(2)8-11)21(24,25)10-26-19(30)18-20(29-28-13(3)27-18)31-14-5-7-17(23)16(22)9-14/h4-9H,10H2,1-3H3,(H,26,30). The third kappa shape index (κ3) is 5.54. The van der Waals surface area contributed by atoms with Crippen LogP contribution in [-0.4, -0.2) is 27.6 Å². The third-order valence-electron chi connectivity index (χ3n) is 4.33. The van der Waals surface area contributed by atoms with Gasteiger partial charge in [-0.2, -0.15) is 8.78 Å². The van der Waals surface area contributed by atoms with Gasteiger partial charge in [-0.05, 0) is 44.5 Å². The number of alkyl halides is 2. The second-order valence-electron chi connectivity index (χ2n) is 6.90. The highest BCUT2D eigenvalue weighted by molar-refractivity contribution is 7.99. The molecule has 0 saturated carbocycles. The van der Waals surface area contributed by atoms with Crippen LogP contribution >= 0.6 is 23.4 Å². The van der Waals surface area contributed by atoms with E-state index < -0.39 is 24.2 Å². The highest BCUT2D eigenvalue weighted by Crippen LogP contribution is 2.32. The number of benzene rings is 2. The van der Waals surface area contributed by atoms with Gasteiger partial charge in [-0.15, -0.1) is 10.2 Å². The lowest BCUT2D eigenvalue weighted by molar-refractivity contribution is -0.00316. The van der Waals surface area contributed by atoms with Crippen molar-refractivity contribution in [2.75, 3.05) is 6.54 Å². The highest BCUT2D eigenvalue weighted by Gasteiger charge is 2.34. The van der Waals surface area contributed by atoms with Gasteiger partial charge in [0.2, 0.25) is 0 Å². The van der Waals surface area contributed by atoms with Crippen LogP contribution < -0.4 is 5.32 Å². The molecule has 0 aliphatic rings.